The Morgan fingerprint density at radius 3 is 2.48 bits per heavy atom. The maximum Gasteiger partial charge on any atom is 0.379 e. The van der Waals surface area contributed by atoms with Crippen molar-refractivity contribution in [1.29, 1.82) is 0 Å². The first-order valence-corrected chi connectivity index (χ1v) is 6.49. The summed E-state index contributed by atoms with van der Waals surface area (Å²) in [7, 11) is 1.44. The third kappa shape index (κ3) is 3.81. The summed E-state index contributed by atoms with van der Waals surface area (Å²) >= 11 is 0. The lowest BCUT2D eigenvalue weighted by molar-refractivity contribution is -0.174. The molecule has 0 bridgehead atoms. The Hall–Kier alpha value is -1.89. The van der Waals surface area contributed by atoms with Crippen molar-refractivity contribution in [2.24, 2.45) is 5.73 Å². The molecule has 1 aromatic carbocycles. The maximum atomic E-state index is 13.9. The van der Waals surface area contributed by atoms with Gasteiger partial charge in [-0.15, -0.1) is 0 Å². The zero-order valence-corrected chi connectivity index (χ0v) is 12.2. The van der Waals surface area contributed by atoms with Crippen LogP contribution in [0.2, 0.25) is 0 Å². The first-order chi connectivity index (χ1) is 9.88. The Labute approximate surface area is 122 Å². The predicted molar refractivity (Wildman–Crippen MR) is 72.7 cm³/mol. The molecule has 0 aliphatic rings. The van der Waals surface area contributed by atoms with E-state index in [1.54, 1.807) is 6.92 Å². The number of ether oxygens (including phenoxy) is 3. The Morgan fingerprint density at radius 2 is 1.95 bits per heavy atom. The number of hydrogen-bond donors (Lipinski definition) is 1. The molecule has 0 radical (unpaired) electrons. The lowest BCUT2D eigenvalue weighted by atomic mass is 10.0. The van der Waals surface area contributed by atoms with Gasteiger partial charge in [-0.05, 0) is 31.5 Å². The summed E-state index contributed by atoms with van der Waals surface area (Å²) < 4.78 is 42.5. The highest BCUT2D eigenvalue weighted by Crippen LogP contribution is 2.35. The number of methoxy groups -OCH3 is 1. The molecule has 7 heteroatoms. The van der Waals surface area contributed by atoms with Crippen molar-refractivity contribution in [1.82, 2.24) is 0 Å². The van der Waals surface area contributed by atoms with Crippen LogP contribution in [0.15, 0.2) is 18.2 Å². The van der Waals surface area contributed by atoms with E-state index >= 15 is 0 Å². The zero-order valence-electron chi connectivity index (χ0n) is 12.2. The maximum absolute atomic E-state index is 13.9. The lowest BCUT2D eigenvalue weighted by Crippen LogP contribution is -2.41. The van der Waals surface area contributed by atoms with E-state index in [0.29, 0.717) is 12.4 Å². The van der Waals surface area contributed by atoms with Gasteiger partial charge in [-0.1, -0.05) is 6.07 Å². The minimum absolute atomic E-state index is 0.0531. The fourth-order valence-electron chi connectivity index (χ4n) is 1.72. The van der Waals surface area contributed by atoms with Gasteiger partial charge in [-0.2, -0.15) is 8.78 Å². The molecule has 0 fully saturated rings. The van der Waals surface area contributed by atoms with Gasteiger partial charge in [0.15, 0.2) is 11.5 Å². The Bertz CT molecular complexity index is 494. The van der Waals surface area contributed by atoms with Gasteiger partial charge in [0.05, 0.1) is 20.3 Å². The molecule has 0 saturated heterocycles. The van der Waals surface area contributed by atoms with E-state index < -0.39 is 17.9 Å². The van der Waals surface area contributed by atoms with Crippen molar-refractivity contribution in [3.05, 3.63) is 23.8 Å². The third-order valence-electron chi connectivity index (χ3n) is 2.78. The summed E-state index contributed by atoms with van der Waals surface area (Å²) in [6, 6.07) is 2.32. The van der Waals surface area contributed by atoms with Crippen LogP contribution in [-0.4, -0.2) is 32.2 Å². The van der Waals surface area contributed by atoms with Crippen molar-refractivity contribution in [3.8, 4) is 11.5 Å². The van der Waals surface area contributed by atoms with E-state index in [-0.39, 0.29) is 17.9 Å². The minimum Gasteiger partial charge on any atom is -0.493 e. The fraction of sp³-hybridized carbons (Fsp3) is 0.500. The second-order valence-electron chi connectivity index (χ2n) is 4.16. The highest BCUT2D eigenvalue weighted by Gasteiger charge is 2.47. The molecule has 0 aromatic heterocycles. The third-order valence-corrected chi connectivity index (χ3v) is 2.78. The molecule has 1 rings (SSSR count). The number of esters is 1. The van der Waals surface area contributed by atoms with E-state index in [4.69, 9.17) is 15.2 Å². The van der Waals surface area contributed by atoms with Crippen LogP contribution in [0.3, 0.4) is 0 Å². The number of benzene rings is 1. The molecule has 1 aromatic rings. The first kappa shape index (κ1) is 17.2. The van der Waals surface area contributed by atoms with Crippen LogP contribution < -0.4 is 15.2 Å². The molecule has 0 aliphatic carbocycles. The Kier molecular flexibility index (Phi) is 5.90. The number of nitrogens with two attached hydrogens (primary N) is 1. The van der Waals surface area contributed by atoms with Gasteiger partial charge >= 0.3 is 11.9 Å². The van der Waals surface area contributed by atoms with Crippen LogP contribution in [0.5, 0.6) is 11.5 Å². The second-order valence-corrected chi connectivity index (χ2v) is 4.16. The van der Waals surface area contributed by atoms with Crippen molar-refractivity contribution >= 4 is 5.97 Å². The quantitative estimate of drug-likeness (QED) is 0.783. The molecule has 0 aliphatic heterocycles. The van der Waals surface area contributed by atoms with Gasteiger partial charge < -0.3 is 19.9 Å². The highest BCUT2D eigenvalue weighted by atomic mass is 19.3. The number of carbonyl (C=O) groups excluding carboxylic acids is 1. The highest BCUT2D eigenvalue weighted by molar-refractivity contribution is 5.79. The summed E-state index contributed by atoms with van der Waals surface area (Å²) in [5, 5.41) is 0. The van der Waals surface area contributed by atoms with Crippen molar-refractivity contribution in [3.63, 3.8) is 0 Å². The van der Waals surface area contributed by atoms with Crippen molar-refractivity contribution in [2.45, 2.75) is 25.8 Å². The molecule has 0 spiro atoms. The van der Waals surface area contributed by atoms with E-state index in [0.717, 1.165) is 0 Å². The van der Waals surface area contributed by atoms with Gasteiger partial charge in [0.1, 0.15) is 6.04 Å². The molecule has 0 saturated carbocycles. The van der Waals surface area contributed by atoms with Gasteiger partial charge in [0, 0.05) is 0 Å². The normalized spacial score (nSPS) is 12.7. The summed E-state index contributed by atoms with van der Waals surface area (Å²) in [4.78, 5) is 11.3. The van der Waals surface area contributed by atoms with Crippen LogP contribution in [0.1, 0.15) is 25.5 Å². The molecule has 0 heterocycles. The molecule has 0 unspecified atom stereocenters. The lowest BCUT2D eigenvalue weighted by Gasteiger charge is -2.22. The summed E-state index contributed by atoms with van der Waals surface area (Å²) in [6.45, 7) is 3.39. The van der Waals surface area contributed by atoms with Gasteiger partial charge in [0.25, 0.3) is 0 Å². The van der Waals surface area contributed by atoms with Crippen LogP contribution in [0.25, 0.3) is 0 Å². The van der Waals surface area contributed by atoms with E-state index in [1.807, 2.05) is 0 Å². The fourth-order valence-corrected chi connectivity index (χ4v) is 1.72. The molecule has 5 nitrogen and oxygen atoms in total. The van der Waals surface area contributed by atoms with Crippen LogP contribution in [-0.2, 0) is 9.53 Å². The molecule has 21 heavy (non-hydrogen) atoms. The predicted octanol–water partition coefficient (Wildman–Crippen LogP) is 2.29. The summed E-state index contributed by atoms with van der Waals surface area (Å²) in [5.41, 5.74) is 5.57. The molecule has 118 valence electrons. The molecule has 1 atom stereocenters. The van der Waals surface area contributed by atoms with Crippen LogP contribution in [0, 0.1) is 0 Å². The van der Waals surface area contributed by atoms with Crippen LogP contribution in [0.4, 0.5) is 8.78 Å². The number of hydrogen-bond acceptors (Lipinski definition) is 5. The SMILES string of the molecule is CCOC(=O)C(F)(F)[C@H](N)c1ccc(OC)c(OCC)c1. The van der Waals surface area contributed by atoms with Crippen molar-refractivity contribution in [2.75, 3.05) is 20.3 Å². The molecular formula is C14H19F2NO4. The number of halogens is 2. The second kappa shape index (κ2) is 7.21. The molecule has 2 N–H and O–H groups in total. The van der Waals surface area contributed by atoms with Crippen LogP contribution >= 0.6 is 0 Å². The first-order valence-electron chi connectivity index (χ1n) is 6.49. The van der Waals surface area contributed by atoms with E-state index in [9.17, 15) is 13.6 Å². The Balaban J connectivity index is 3.09. The molecular weight excluding hydrogens is 284 g/mol. The number of alkyl halides is 2. The van der Waals surface area contributed by atoms with E-state index in [2.05, 4.69) is 4.74 Å². The summed E-state index contributed by atoms with van der Waals surface area (Å²) in [5.74, 6) is -4.79. The smallest absolute Gasteiger partial charge is 0.379 e. The largest absolute Gasteiger partial charge is 0.493 e. The van der Waals surface area contributed by atoms with E-state index in [1.165, 1.54) is 32.2 Å². The standard InChI is InChI=1S/C14H19F2NO4/c1-4-20-11-8-9(6-7-10(11)19-3)12(17)14(15,16)13(18)21-5-2/h6-8,12H,4-5,17H2,1-3H3/t12-/m1/s1. The van der Waals surface area contributed by atoms with Gasteiger partial charge in [-0.3, -0.25) is 0 Å². The molecule has 0 amide bonds. The van der Waals surface area contributed by atoms with Crippen molar-refractivity contribution < 1.29 is 27.8 Å². The number of rotatable bonds is 7. The average molecular weight is 303 g/mol. The Morgan fingerprint density at radius 1 is 1.29 bits per heavy atom. The minimum atomic E-state index is -3.83. The zero-order chi connectivity index (χ0) is 16.0. The topological polar surface area (TPSA) is 70.8 Å². The number of carbonyl (C=O) groups is 1. The summed E-state index contributed by atoms with van der Waals surface area (Å²) in [6.07, 6.45) is 0. The average Bonchev–Trinajstić information content (AvgIpc) is 2.47. The van der Waals surface area contributed by atoms with Gasteiger partial charge in [0.2, 0.25) is 0 Å². The monoisotopic (exact) mass is 303 g/mol. The van der Waals surface area contributed by atoms with Gasteiger partial charge in [-0.25, -0.2) is 4.79 Å².